The van der Waals surface area contributed by atoms with Crippen LogP contribution < -0.4 is 10.1 Å². The van der Waals surface area contributed by atoms with Gasteiger partial charge in [-0.05, 0) is 42.2 Å². The summed E-state index contributed by atoms with van der Waals surface area (Å²) in [6.45, 7) is 3.26. The second-order valence-corrected chi connectivity index (χ2v) is 5.50. The lowest BCUT2D eigenvalue weighted by atomic mass is 9.77. The summed E-state index contributed by atoms with van der Waals surface area (Å²) in [6, 6.07) is 17.4. The molecule has 2 aromatic rings. The van der Waals surface area contributed by atoms with Crippen molar-refractivity contribution in [3.05, 3.63) is 65.2 Å². The van der Waals surface area contributed by atoms with Crippen LogP contribution in [0.15, 0.2) is 48.5 Å². The smallest absolute Gasteiger partial charge is 0.118 e. The average Bonchev–Trinajstić information content (AvgIpc) is 2.48. The molecule has 104 valence electrons. The molecule has 0 spiro atoms. The fourth-order valence-electron chi connectivity index (χ4n) is 2.87. The van der Waals surface area contributed by atoms with E-state index in [9.17, 15) is 0 Å². The molecule has 3 rings (SSSR count). The van der Waals surface area contributed by atoms with Gasteiger partial charge in [-0.1, -0.05) is 36.4 Å². The van der Waals surface area contributed by atoms with Gasteiger partial charge in [0.25, 0.3) is 0 Å². The number of hydrogen-bond acceptors (Lipinski definition) is 2. The summed E-state index contributed by atoms with van der Waals surface area (Å²) < 4.78 is 5.19. The van der Waals surface area contributed by atoms with E-state index in [1.807, 2.05) is 12.1 Å². The standard InChI is InChI=1S/C18H21NO/c1-13(14-7-9-17(20-2)10-8-14)19-12-16-11-15-5-3-4-6-18(15)16/h3-10,13,16,19H,11-12H2,1-2H3/t13-,16?/m1/s1. The number of methoxy groups -OCH3 is 1. The van der Waals surface area contributed by atoms with E-state index >= 15 is 0 Å². The molecule has 1 unspecified atom stereocenters. The molecule has 0 aliphatic heterocycles. The first-order valence-electron chi connectivity index (χ1n) is 7.23. The van der Waals surface area contributed by atoms with Crippen molar-refractivity contribution >= 4 is 0 Å². The summed E-state index contributed by atoms with van der Waals surface area (Å²) in [4.78, 5) is 0. The molecule has 0 amide bonds. The third kappa shape index (κ3) is 2.56. The monoisotopic (exact) mass is 267 g/mol. The van der Waals surface area contributed by atoms with Gasteiger partial charge in [-0.2, -0.15) is 0 Å². The van der Waals surface area contributed by atoms with E-state index in [-0.39, 0.29) is 0 Å². The molecule has 1 N–H and O–H groups in total. The Morgan fingerprint density at radius 3 is 2.60 bits per heavy atom. The first kappa shape index (κ1) is 13.2. The fraction of sp³-hybridized carbons (Fsp3) is 0.333. The Morgan fingerprint density at radius 2 is 1.90 bits per heavy atom. The number of benzene rings is 2. The first-order valence-corrected chi connectivity index (χ1v) is 7.23. The topological polar surface area (TPSA) is 21.3 Å². The Bertz CT molecular complexity index is 576. The first-order chi connectivity index (χ1) is 9.78. The fourth-order valence-corrected chi connectivity index (χ4v) is 2.87. The summed E-state index contributed by atoms with van der Waals surface area (Å²) in [5, 5.41) is 3.64. The summed E-state index contributed by atoms with van der Waals surface area (Å²) in [6.07, 6.45) is 1.21. The lowest BCUT2D eigenvalue weighted by molar-refractivity contribution is 0.414. The lowest BCUT2D eigenvalue weighted by Gasteiger charge is -2.31. The molecule has 0 heterocycles. The van der Waals surface area contributed by atoms with Crippen molar-refractivity contribution in [1.82, 2.24) is 5.32 Å². The van der Waals surface area contributed by atoms with Gasteiger partial charge in [0.05, 0.1) is 7.11 Å². The largest absolute Gasteiger partial charge is 0.497 e. The van der Waals surface area contributed by atoms with Crippen LogP contribution in [0.25, 0.3) is 0 Å². The van der Waals surface area contributed by atoms with Crippen molar-refractivity contribution in [1.29, 1.82) is 0 Å². The maximum atomic E-state index is 5.19. The van der Waals surface area contributed by atoms with Crippen LogP contribution in [0, 0.1) is 0 Å². The third-order valence-corrected chi connectivity index (χ3v) is 4.25. The highest BCUT2D eigenvalue weighted by atomic mass is 16.5. The van der Waals surface area contributed by atoms with Gasteiger partial charge < -0.3 is 10.1 Å². The van der Waals surface area contributed by atoms with Crippen molar-refractivity contribution in [2.75, 3.05) is 13.7 Å². The molecule has 2 aromatic carbocycles. The normalized spacial score (nSPS) is 18.0. The van der Waals surface area contributed by atoms with Crippen LogP contribution in [0.2, 0.25) is 0 Å². The minimum atomic E-state index is 0.369. The minimum absolute atomic E-state index is 0.369. The molecule has 2 nitrogen and oxygen atoms in total. The SMILES string of the molecule is COc1ccc([C@@H](C)NCC2Cc3ccccc32)cc1. The second-order valence-electron chi connectivity index (χ2n) is 5.50. The molecular weight excluding hydrogens is 246 g/mol. The minimum Gasteiger partial charge on any atom is -0.497 e. The van der Waals surface area contributed by atoms with Gasteiger partial charge in [0, 0.05) is 18.5 Å². The highest BCUT2D eigenvalue weighted by molar-refractivity contribution is 5.40. The van der Waals surface area contributed by atoms with E-state index < -0.39 is 0 Å². The van der Waals surface area contributed by atoms with Crippen molar-refractivity contribution in [3.63, 3.8) is 0 Å². The maximum Gasteiger partial charge on any atom is 0.118 e. The van der Waals surface area contributed by atoms with Gasteiger partial charge in [0.1, 0.15) is 5.75 Å². The Labute approximate surface area is 120 Å². The number of ether oxygens (including phenoxy) is 1. The highest BCUT2D eigenvalue weighted by Gasteiger charge is 2.25. The summed E-state index contributed by atoms with van der Waals surface area (Å²) in [5.74, 6) is 1.58. The van der Waals surface area contributed by atoms with Crippen LogP contribution in [-0.4, -0.2) is 13.7 Å². The van der Waals surface area contributed by atoms with Crippen molar-refractivity contribution < 1.29 is 4.74 Å². The van der Waals surface area contributed by atoms with Gasteiger partial charge in [-0.15, -0.1) is 0 Å². The molecule has 2 atom stereocenters. The summed E-state index contributed by atoms with van der Waals surface area (Å²) in [7, 11) is 1.70. The predicted octanol–water partition coefficient (Wildman–Crippen LogP) is 3.69. The van der Waals surface area contributed by atoms with Crippen molar-refractivity contribution in [2.45, 2.75) is 25.3 Å². The van der Waals surface area contributed by atoms with Crippen LogP contribution in [0.3, 0.4) is 0 Å². The van der Waals surface area contributed by atoms with Crippen LogP contribution in [-0.2, 0) is 6.42 Å². The van der Waals surface area contributed by atoms with E-state index in [2.05, 4.69) is 48.6 Å². The lowest BCUT2D eigenvalue weighted by Crippen LogP contribution is -2.30. The van der Waals surface area contributed by atoms with E-state index in [1.54, 1.807) is 7.11 Å². The van der Waals surface area contributed by atoms with E-state index in [0.29, 0.717) is 12.0 Å². The average molecular weight is 267 g/mol. The predicted molar refractivity (Wildman–Crippen MR) is 82.3 cm³/mol. The van der Waals surface area contributed by atoms with Crippen molar-refractivity contribution in [3.8, 4) is 5.75 Å². The van der Waals surface area contributed by atoms with Crippen molar-refractivity contribution in [2.24, 2.45) is 0 Å². The number of rotatable bonds is 5. The molecule has 0 radical (unpaired) electrons. The van der Waals surface area contributed by atoms with E-state index in [4.69, 9.17) is 4.74 Å². The molecule has 1 aliphatic rings. The Hall–Kier alpha value is -1.80. The Kier molecular flexibility index (Phi) is 3.75. The molecule has 0 saturated carbocycles. The van der Waals surface area contributed by atoms with Gasteiger partial charge in [0.15, 0.2) is 0 Å². The highest BCUT2D eigenvalue weighted by Crippen LogP contribution is 2.34. The Balaban J connectivity index is 1.56. The Morgan fingerprint density at radius 1 is 1.15 bits per heavy atom. The molecule has 1 aliphatic carbocycles. The van der Waals surface area contributed by atoms with Gasteiger partial charge in [0.2, 0.25) is 0 Å². The van der Waals surface area contributed by atoms with Crippen LogP contribution in [0.5, 0.6) is 5.75 Å². The quantitative estimate of drug-likeness (QED) is 0.892. The van der Waals surface area contributed by atoms with Crippen LogP contribution in [0.1, 0.15) is 35.6 Å². The zero-order valence-electron chi connectivity index (χ0n) is 12.1. The zero-order valence-corrected chi connectivity index (χ0v) is 12.1. The van der Waals surface area contributed by atoms with Crippen LogP contribution >= 0.6 is 0 Å². The second kappa shape index (κ2) is 5.68. The summed E-state index contributed by atoms with van der Waals surface area (Å²) >= 11 is 0. The van der Waals surface area contributed by atoms with Gasteiger partial charge in [-0.25, -0.2) is 0 Å². The number of nitrogens with one attached hydrogen (secondary N) is 1. The maximum absolute atomic E-state index is 5.19. The zero-order chi connectivity index (χ0) is 13.9. The third-order valence-electron chi connectivity index (χ3n) is 4.25. The molecule has 20 heavy (non-hydrogen) atoms. The molecule has 0 fully saturated rings. The molecule has 0 aromatic heterocycles. The number of fused-ring (bicyclic) bond motifs is 1. The molecule has 0 bridgehead atoms. The molecular formula is C18H21NO. The molecule has 0 saturated heterocycles. The summed E-state index contributed by atoms with van der Waals surface area (Å²) in [5.41, 5.74) is 4.33. The van der Waals surface area contributed by atoms with Crippen LogP contribution in [0.4, 0.5) is 0 Å². The van der Waals surface area contributed by atoms with E-state index in [1.165, 1.54) is 23.1 Å². The van der Waals surface area contributed by atoms with Gasteiger partial charge in [-0.3, -0.25) is 0 Å². The van der Waals surface area contributed by atoms with E-state index in [0.717, 1.165) is 12.3 Å². The van der Waals surface area contributed by atoms with Gasteiger partial charge >= 0.3 is 0 Å². The molecule has 2 heteroatoms. The number of hydrogen-bond donors (Lipinski definition) is 1.